The Morgan fingerprint density at radius 1 is 0.564 bits per heavy atom. The fourth-order valence-electron chi connectivity index (χ4n) is 7.94. The smallest absolute Gasteiger partial charge is 0.340 e. The topological polar surface area (TPSA) is 234 Å². The Morgan fingerprint density at radius 3 is 1.55 bits per heavy atom. The van der Waals surface area contributed by atoms with Gasteiger partial charge in [0, 0.05) is 27.5 Å². The van der Waals surface area contributed by atoms with Crippen molar-refractivity contribution in [2.45, 2.75) is 67.0 Å². The molecule has 15 heteroatoms. The lowest BCUT2D eigenvalue weighted by atomic mass is 9.76. The van der Waals surface area contributed by atoms with Crippen molar-refractivity contribution < 1.29 is 74.1 Å². The normalized spacial score (nSPS) is 30.7. The molecule has 9 rings (SSSR count). The molecule has 10 atom stereocenters. The first-order valence-corrected chi connectivity index (χ1v) is 17.6. The highest BCUT2D eigenvalue weighted by atomic mass is 16.7. The summed E-state index contributed by atoms with van der Waals surface area (Å²) in [7, 11) is 0. The van der Waals surface area contributed by atoms with Crippen LogP contribution in [0.5, 0.6) is 23.0 Å². The quantitative estimate of drug-likeness (QED) is 0.113. The van der Waals surface area contributed by atoms with E-state index in [9.17, 15) is 45.6 Å². The first kappa shape index (κ1) is 35.8. The molecule has 4 heterocycles. The molecule has 4 aliphatic rings. The van der Waals surface area contributed by atoms with Crippen molar-refractivity contribution in [3.8, 4) is 23.0 Å². The summed E-state index contributed by atoms with van der Waals surface area (Å²) >= 11 is 0. The van der Waals surface area contributed by atoms with Gasteiger partial charge in [-0.3, -0.25) is 0 Å². The fraction of sp³-hybridized carbons (Fsp3) is 0.325. The number of hydrogen-bond donors (Lipinski definition) is 8. The SMILES string of the molecule is O=C1OC2(c3ccccc31)c1ccc3cc(O[C@@H]4O[C@H](CO)[C@H](O)[C@H](O)[C@H]4O)ccc3c1Oc1c2ccc2cc(O[C@@H]3O[C@H](CO)[C@H](O)[C@H](O)[C@H]3O)ccc12. The van der Waals surface area contributed by atoms with E-state index in [1.165, 1.54) is 0 Å². The number of rotatable bonds is 6. The van der Waals surface area contributed by atoms with Gasteiger partial charge in [-0.1, -0.05) is 30.3 Å². The molecular formula is C40H36O15. The van der Waals surface area contributed by atoms with Gasteiger partial charge in [-0.05, 0) is 65.4 Å². The maximum atomic E-state index is 13.5. The molecule has 0 saturated carbocycles. The van der Waals surface area contributed by atoms with E-state index in [1.807, 2.05) is 24.3 Å². The monoisotopic (exact) mass is 756 g/mol. The van der Waals surface area contributed by atoms with Crippen LogP contribution in [-0.2, 0) is 19.8 Å². The number of aliphatic hydroxyl groups is 8. The zero-order valence-corrected chi connectivity index (χ0v) is 28.7. The lowest BCUT2D eigenvalue weighted by molar-refractivity contribution is -0.277. The van der Waals surface area contributed by atoms with Crippen LogP contribution < -0.4 is 14.2 Å². The summed E-state index contributed by atoms with van der Waals surface area (Å²) in [6.07, 6.45) is -14.6. The first-order chi connectivity index (χ1) is 26.5. The largest absolute Gasteiger partial charge is 0.462 e. The van der Waals surface area contributed by atoms with Gasteiger partial charge in [-0.25, -0.2) is 4.79 Å². The molecule has 0 aromatic heterocycles. The Labute approximate surface area is 311 Å². The summed E-state index contributed by atoms with van der Waals surface area (Å²) in [4.78, 5) is 13.5. The van der Waals surface area contributed by atoms with Crippen LogP contribution in [0.3, 0.4) is 0 Å². The predicted octanol–water partition coefficient (Wildman–Crippen LogP) is 0.918. The molecule has 15 nitrogen and oxygen atoms in total. The Morgan fingerprint density at radius 2 is 1.05 bits per heavy atom. The van der Waals surface area contributed by atoms with Crippen molar-refractivity contribution in [3.05, 3.63) is 107 Å². The molecule has 8 N–H and O–H groups in total. The van der Waals surface area contributed by atoms with E-state index in [0.717, 1.165) is 0 Å². The van der Waals surface area contributed by atoms with Crippen LogP contribution in [-0.4, -0.2) is 121 Å². The van der Waals surface area contributed by atoms with Gasteiger partial charge < -0.3 is 69.3 Å². The molecule has 5 aromatic rings. The first-order valence-electron chi connectivity index (χ1n) is 17.6. The minimum atomic E-state index is -1.62. The lowest BCUT2D eigenvalue weighted by Gasteiger charge is -2.39. The van der Waals surface area contributed by atoms with E-state index in [0.29, 0.717) is 55.3 Å². The zero-order valence-electron chi connectivity index (χ0n) is 28.7. The van der Waals surface area contributed by atoms with Gasteiger partial charge in [0.05, 0.1) is 18.8 Å². The van der Waals surface area contributed by atoms with Gasteiger partial charge in [-0.2, -0.15) is 0 Å². The van der Waals surface area contributed by atoms with Crippen LogP contribution in [0.2, 0.25) is 0 Å². The summed E-state index contributed by atoms with van der Waals surface area (Å²) in [5.74, 6) is 0.766. The average molecular weight is 757 g/mol. The van der Waals surface area contributed by atoms with Gasteiger partial charge in [0.1, 0.15) is 71.8 Å². The second kappa shape index (κ2) is 13.4. The molecule has 55 heavy (non-hydrogen) atoms. The Bertz CT molecular complexity index is 2180. The highest BCUT2D eigenvalue weighted by Gasteiger charge is 2.54. The highest BCUT2D eigenvalue weighted by molar-refractivity contribution is 6.01. The molecule has 0 aliphatic carbocycles. The number of benzene rings is 5. The second-order valence-electron chi connectivity index (χ2n) is 14.0. The van der Waals surface area contributed by atoms with Crippen LogP contribution in [0.25, 0.3) is 21.5 Å². The molecule has 0 bridgehead atoms. The van der Waals surface area contributed by atoms with Crippen LogP contribution in [0.15, 0.2) is 84.9 Å². The van der Waals surface area contributed by atoms with Crippen molar-refractivity contribution in [1.82, 2.24) is 0 Å². The van der Waals surface area contributed by atoms with Crippen LogP contribution >= 0.6 is 0 Å². The molecule has 1 spiro atoms. The van der Waals surface area contributed by atoms with Crippen molar-refractivity contribution in [2.24, 2.45) is 0 Å². The van der Waals surface area contributed by atoms with E-state index < -0.39 is 86.2 Å². The van der Waals surface area contributed by atoms with E-state index in [4.69, 9.17) is 28.4 Å². The van der Waals surface area contributed by atoms with Crippen molar-refractivity contribution in [2.75, 3.05) is 13.2 Å². The molecule has 5 aromatic carbocycles. The number of fused-ring (bicyclic) bond motifs is 10. The van der Waals surface area contributed by atoms with Crippen molar-refractivity contribution in [3.63, 3.8) is 0 Å². The third-order valence-electron chi connectivity index (χ3n) is 10.8. The Kier molecular flexibility index (Phi) is 8.71. The molecule has 2 fully saturated rings. The molecule has 0 unspecified atom stereocenters. The number of carbonyl (C=O) groups is 1. The molecular weight excluding hydrogens is 720 g/mol. The van der Waals surface area contributed by atoms with Gasteiger partial charge in [-0.15, -0.1) is 0 Å². The van der Waals surface area contributed by atoms with Crippen LogP contribution in [0.4, 0.5) is 0 Å². The summed E-state index contributed by atoms with van der Waals surface area (Å²) < 4.78 is 36.0. The molecule has 2 saturated heterocycles. The Hall–Kier alpha value is -4.91. The number of aliphatic hydroxyl groups excluding tert-OH is 8. The molecule has 4 aliphatic heterocycles. The number of esters is 1. The summed E-state index contributed by atoms with van der Waals surface area (Å²) in [5.41, 5.74) is 0.740. The van der Waals surface area contributed by atoms with Crippen LogP contribution in [0.1, 0.15) is 27.0 Å². The number of carbonyl (C=O) groups excluding carboxylic acids is 1. The van der Waals surface area contributed by atoms with E-state index >= 15 is 0 Å². The third-order valence-corrected chi connectivity index (χ3v) is 10.8. The van der Waals surface area contributed by atoms with Gasteiger partial charge in [0.2, 0.25) is 12.6 Å². The van der Waals surface area contributed by atoms with Gasteiger partial charge >= 0.3 is 5.97 Å². The van der Waals surface area contributed by atoms with Gasteiger partial charge in [0.15, 0.2) is 5.60 Å². The van der Waals surface area contributed by atoms with Crippen molar-refractivity contribution >= 4 is 27.5 Å². The average Bonchev–Trinajstić information content (AvgIpc) is 3.49. The number of hydrogen-bond acceptors (Lipinski definition) is 15. The zero-order chi connectivity index (χ0) is 38.3. The molecule has 0 amide bonds. The van der Waals surface area contributed by atoms with E-state index in [2.05, 4.69) is 0 Å². The minimum Gasteiger partial charge on any atom is -0.462 e. The van der Waals surface area contributed by atoms with Crippen molar-refractivity contribution in [1.29, 1.82) is 0 Å². The standard InChI is InChI=1S/C40H36O15/c41-15-27-29(43)31(45)33(47)38(52-27)50-19-7-9-21-17(13-19)5-11-25-35(21)54-36-22-10-8-20(51-39-34(48)32(46)30(44)28(16-42)53-39)14-18(22)6-12-26(36)40(25)24-4-2-1-3-23(24)37(49)55-40/h1-14,27-34,38-39,41-48H,15-16H2/t27-,28-,29+,30+,31+,32+,33-,34-,38-,39-/m1/s1. The minimum absolute atomic E-state index is 0.248. The van der Waals surface area contributed by atoms with Gasteiger partial charge in [0.25, 0.3) is 0 Å². The third kappa shape index (κ3) is 5.47. The lowest BCUT2D eigenvalue weighted by Crippen LogP contribution is -2.60. The predicted molar refractivity (Wildman–Crippen MR) is 188 cm³/mol. The van der Waals surface area contributed by atoms with E-state index in [1.54, 1.807) is 60.7 Å². The maximum Gasteiger partial charge on any atom is 0.340 e. The van der Waals surface area contributed by atoms with E-state index in [-0.39, 0.29) is 11.5 Å². The summed E-state index contributed by atoms with van der Waals surface area (Å²) in [6.45, 7) is -1.21. The molecule has 286 valence electrons. The second-order valence-corrected chi connectivity index (χ2v) is 14.0. The molecule has 0 radical (unpaired) electrons. The highest BCUT2D eigenvalue weighted by Crippen LogP contribution is 2.59. The Balaban J connectivity index is 1.13. The number of ether oxygens (including phenoxy) is 6. The summed E-state index contributed by atoms with van der Waals surface area (Å²) in [6, 6.07) is 24.4. The maximum absolute atomic E-state index is 13.5. The van der Waals surface area contributed by atoms with Crippen LogP contribution in [0, 0.1) is 0 Å². The fourth-order valence-corrected chi connectivity index (χ4v) is 7.94. The summed E-state index contributed by atoms with van der Waals surface area (Å²) in [5, 5.41) is 83.7.